The standard InChI is InChI=1S/C26H31N7O3S/c1-37(34,35)29-18-5-6-23(24(13-18)31-11-9-26(7-8-26)10-12-31)33-17-22(28-30-33)21-3-2-4-25(27-21)32-15-19-14-20(16-32)36-19/h2-6,13,17,19-20,29H,7-12,14-16H2,1H3. The van der Waals surface area contributed by atoms with Crippen molar-refractivity contribution in [2.45, 2.75) is 44.3 Å². The topological polar surface area (TPSA) is 105 Å². The lowest BCUT2D eigenvalue weighted by Crippen LogP contribution is -2.57. The van der Waals surface area contributed by atoms with Crippen molar-refractivity contribution in [2.75, 3.05) is 47.0 Å². The molecule has 10 nitrogen and oxygen atoms in total. The van der Waals surface area contributed by atoms with Gasteiger partial charge in [-0.2, -0.15) is 0 Å². The van der Waals surface area contributed by atoms with E-state index in [2.05, 4.69) is 24.8 Å². The van der Waals surface area contributed by atoms with Crippen molar-refractivity contribution in [3.63, 3.8) is 0 Å². The van der Waals surface area contributed by atoms with E-state index in [1.54, 1.807) is 10.7 Å². The quantitative estimate of drug-likeness (QED) is 0.528. The molecule has 8 rings (SSSR count). The zero-order valence-electron chi connectivity index (χ0n) is 20.9. The number of aromatic nitrogens is 4. The number of hydrogen-bond acceptors (Lipinski definition) is 8. The van der Waals surface area contributed by atoms with E-state index in [-0.39, 0.29) is 0 Å². The number of benzene rings is 1. The molecule has 0 radical (unpaired) electrons. The van der Waals surface area contributed by atoms with Crippen molar-refractivity contribution >= 4 is 27.2 Å². The van der Waals surface area contributed by atoms with E-state index in [1.165, 1.54) is 31.9 Å². The molecule has 4 saturated heterocycles. The van der Waals surface area contributed by atoms with E-state index in [0.29, 0.717) is 29.0 Å². The van der Waals surface area contributed by atoms with Gasteiger partial charge in [0.15, 0.2) is 0 Å². The van der Waals surface area contributed by atoms with E-state index < -0.39 is 10.0 Å². The molecule has 2 atom stereocenters. The van der Waals surface area contributed by atoms with E-state index in [4.69, 9.17) is 9.72 Å². The average Bonchev–Trinajstić information content (AvgIpc) is 3.43. The summed E-state index contributed by atoms with van der Waals surface area (Å²) in [7, 11) is -3.38. The van der Waals surface area contributed by atoms with Crippen LogP contribution in [-0.2, 0) is 14.8 Å². The third kappa shape index (κ3) is 4.54. The molecule has 2 unspecified atom stereocenters. The average molecular weight is 522 g/mol. The first-order valence-electron chi connectivity index (χ1n) is 13.0. The summed E-state index contributed by atoms with van der Waals surface area (Å²) in [6.07, 6.45) is 9.82. The Bertz CT molecular complexity index is 1430. The minimum absolute atomic E-state index is 0.313. The lowest BCUT2D eigenvalue weighted by Gasteiger charge is -2.47. The molecule has 3 aromatic rings. The predicted octanol–water partition coefficient (Wildman–Crippen LogP) is 3.06. The maximum Gasteiger partial charge on any atom is 0.229 e. The summed E-state index contributed by atoms with van der Waals surface area (Å²) in [6, 6.07) is 11.6. The van der Waals surface area contributed by atoms with Crippen LogP contribution in [0.15, 0.2) is 42.6 Å². The van der Waals surface area contributed by atoms with Crippen molar-refractivity contribution in [3.05, 3.63) is 42.6 Å². The maximum atomic E-state index is 11.9. The van der Waals surface area contributed by atoms with Crippen molar-refractivity contribution in [1.82, 2.24) is 20.0 Å². The van der Waals surface area contributed by atoms with Gasteiger partial charge in [0.25, 0.3) is 0 Å². The summed E-state index contributed by atoms with van der Waals surface area (Å²) < 4.78 is 33.9. The highest BCUT2D eigenvalue weighted by molar-refractivity contribution is 7.92. The number of fused-ring (bicyclic) bond motifs is 2. The molecule has 6 heterocycles. The molecule has 1 saturated carbocycles. The minimum Gasteiger partial charge on any atom is -0.371 e. The van der Waals surface area contributed by atoms with Gasteiger partial charge in [0, 0.05) is 32.6 Å². The number of piperidine rings is 2. The van der Waals surface area contributed by atoms with Crippen molar-refractivity contribution in [2.24, 2.45) is 5.41 Å². The third-order valence-corrected chi connectivity index (χ3v) is 8.83. The van der Waals surface area contributed by atoms with Gasteiger partial charge in [0.05, 0.1) is 47.4 Å². The van der Waals surface area contributed by atoms with Crippen LogP contribution in [-0.4, -0.2) is 73.0 Å². The van der Waals surface area contributed by atoms with E-state index >= 15 is 0 Å². The van der Waals surface area contributed by atoms with Gasteiger partial charge in [-0.25, -0.2) is 18.1 Å². The number of nitrogens with one attached hydrogen (secondary N) is 1. The number of morpholine rings is 1. The van der Waals surface area contributed by atoms with Crippen molar-refractivity contribution in [3.8, 4) is 17.1 Å². The second-order valence-corrected chi connectivity index (χ2v) is 12.8. The highest BCUT2D eigenvalue weighted by Crippen LogP contribution is 2.54. The Balaban J connectivity index is 1.19. The molecule has 2 aromatic heterocycles. The predicted molar refractivity (Wildman–Crippen MR) is 142 cm³/mol. The van der Waals surface area contributed by atoms with Crippen LogP contribution in [0.5, 0.6) is 0 Å². The zero-order chi connectivity index (χ0) is 25.2. The van der Waals surface area contributed by atoms with Crippen LogP contribution in [0.1, 0.15) is 32.1 Å². The van der Waals surface area contributed by atoms with Gasteiger partial charge < -0.3 is 14.5 Å². The Labute approximate surface area is 216 Å². The molecule has 194 valence electrons. The van der Waals surface area contributed by atoms with Gasteiger partial charge in [-0.05, 0) is 61.4 Å². The normalized spacial score (nSPS) is 24.1. The molecule has 1 aliphatic carbocycles. The van der Waals surface area contributed by atoms with Gasteiger partial charge in [-0.15, -0.1) is 5.10 Å². The fourth-order valence-electron chi connectivity index (χ4n) is 5.93. The Kier molecular flexibility index (Phi) is 5.23. The van der Waals surface area contributed by atoms with Crippen LogP contribution >= 0.6 is 0 Å². The van der Waals surface area contributed by atoms with Crippen molar-refractivity contribution < 1.29 is 13.2 Å². The zero-order valence-corrected chi connectivity index (χ0v) is 21.7. The highest BCUT2D eigenvalue weighted by atomic mass is 32.2. The molecule has 2 bridgehead atoms. The molecule has 4 aliphatic heterocycles. The van der Waals surface area contributed by atoms with Crippen LogP contribution in [0.2, 0.25) is 0 Å². The summed E-state index contributed by atoms with van der Waals surface area (Å²) in [5, 5.41) is 8.90. The largest absolute Gasteiger partial charge is 0.371 e. The second-order valence-electron chi connectivity index (χ2n) is 11.0. The first-order chi connectivity index (χ1) is 17.8. The smallest absolute Gasteiger partial charge is 0.229 e. The highest BCUT2D eigenvalue weighted by Gasteiger charge is 2.44. The summed E-state index contributed by atoms with van der Waals surface area (Å²) in [4.78, 5) is 9.51. The Hall–Kier alpha value is -3.18. The van der Waals surface area contributed by atoms with Crippen LogP contribution in [0.25, 0.3) is 17.1 Å². The molecule has 1 spiro atoms. The lowest BCUT2D eigenvalue weighted by molar-refractivity contribution is -0.133. The van der Waals surface area contributed by atoms with Crippen LogP contribution in [0, 0.1) is 5.41 Å². The number of anilines is 3. The van der Waals surface area contributed by atoms with E-state index in [0.717, 1.165) is 55.5 Å². The van der Waals surface area contributed by atoms with Crippen molar-refractivity contribution in [1.29, 1.82) is 0 Å². The lowest BCUT2D eigenvalue weighted by atomic mass is 9.93. The van der Waals surface area contributed by atoms with Crippen LogP contribution < -0.4 is 14.5 Å². The second kappa shape index (κ2) is 8.42. The number of hydrogen-bond donors (Lipinski definition) is 1. The van der Waals surface area contributed by atoms with Gasteiger partial charge in [-0.1, -0.05) is 11.3 Å². The molecule has 1 N–H and O–H groups in total. The van der Waals surface area contributed by atoms with Gasteiger partial charge in [-0.3, -0.25) is 4.72 Å². The molecule has 1 aromatic carbocycles. The van der Waals surface area contributed by atoms with E-state index in [1.807, 2.05) is 36.5 Å². The molecule has 0 amide bonds. The van der Waals surface area contributed by atoms with Crippen LogP contribution in [0.4, 0.5) is 17.2 Å². The fraction of sp³-hybridized carbons (Fsp3) is 0.500. The SMILES string of the molecule is CS(=O)(=O)Nc1ccc(-n2cc(-c3cccc(N4CC5CC(C4)O5)n3)nn2)c(N2CCC3(CC2)CC3)c1. The van der Waals surface area contributed by atoms with Gasteiger partial charge >= 0.3 is 0 Å². The summed E-state index contributed by atoms with van der Waals surface area (Å²) in [5.74, 6) is 0.935. The minimum atomic E-state index is -3.38. The molecule has 5 aliphatic rings. The Morgan fingerprint density at radius 2 is 1.73 bits per heavy atom. The van der Waals surface area contributed by atoms with E-state index in [9.17, 15) is 8.42 Å². The Morgan fingerprint density at radius 1 is 0.973 bits per heavy atom. The maximum absolute atomic E-state index is 11.9. The third-order valence-electron chi connectivity index (χ3n) is 8.22. The molecular formula is C26H31N7O3S. The first-order valence-corrected chi connectivity index (χ1v) is 14.9. The van der Waals surface area contributed by atoms with Gasteiger partial charge in [0.1, 0.15) is 11.5 Å². The Morgan fingerprint density at radius 3 is 2.43 bits per heavy atom. The van der Waals surface area contributed by atoms with Gasteiger partial charge in [0.2, 0.25) is 10.0 Å². The molecule has 5 fully saturated rings. The fourth-order valence-corrected chi connectivity index (χ4v) is 6.49. The number of pyridine rings is 1. The number of nitrogens with zero attached hydrogens (tertiary/aromatic N) is 6. The first kappa shape index (κ1) is 23.0. The number of sulfonamides is 1. The molecule has 37 heavy (non-hydrogen) atoms. The summed E-state index contributed by atoms with van der Waals surface area (Å²) in [5.41, 5.74) is 4.38. The number of rotatable bonds is 6. The molecular weight excluding hydrogens is 490 g/mol. The summed E-state index contributed by atoms with van der Waals surface area (Å²) >= 11 is 0. The number of ether oxygens (including phenoxy) is 1. The molecule has 11 heteroatoms. The summed E-state index contributed by atoms with van der Waals surface area (Å²) in [6.45, 7) is 3.63. The van der Waals surface area contributed by atoms with Crippen LogP contribution in [0.3, 0.4) is 0 Å². The monoisotopic (exact) mass is 521 g/mol.